The van der Waals surface area contributed by atoms with Gasteiger partial charge in [-0.25, -0.2) is 0 Å². The number of nitrogens with one attached hydrogen (secondary N) is 1. The lowest BCUT2D eigenvalue weighted by Gasteiger charge is -2.16. The molecule has 1 fully saturated rings. The molecule has 2 nitrogen and oxygen atoms in total. The molecule has 4 heteroatoms. The highest BCUT2D eigenvalue weighted by Crippen LogP contribution is 2.28. The Labute approximate surface area is 112 Å². The normalized spacial score (nSPS) is 22.5. The second kappa shape index (κ2) is 4.91. The van der Waals surface area contributed by atoms with Gasteiger partial charge in [0, 0.05) is 16.3 Å². The van der Waals surface area contributed by atoms with E-state index in [2.05, 4.69) is 31.1 Å². The number of hydrogen-bond donors (Lipinski definition) is 1. The molecule has 0 aromatic heterocycles. The van der Waals surface area contributed by atoms with Gasteiger partial charge in [-0.1, -0.05) is 41.6 Å². The van der Waals surface area contributed by atoms with Crippen LogP contribution in [0.5, 0.6) is 0 Å². The van der Waals surface area contributed by atoms with Gasteiger partial charge in [-0.3, -0.25) is 4.99 Å². The van der Waals surface area contributed by atoms with Gasteiger partial charge >= 0.3 is 0 Å². The van der Waals surface area contributed by atoms with Crippen LogP contribution in [0.15, 0.2) is 29.3 Å². The third-order valence-corrected chi connectivity index (χ3v) is 4.37. The second-order valence-electron chi connectivity index (χ2n) is 4.93. The highest BCUT2D eigenvalue weighted by molar-refractivity contribution is 8.14. The van der Waals surface area contributed by atoms with Gasteiger partial charge < -0.3 is 5.32 Å². The van der Waals surface area contributed by atoms with Crippen molar-refractivity contribution >= 4 is 28.5 Å². The number of halogens is 1. The number of thioether (sulfide) groups is 1. The standard InChI is InChI=1S/C13H17ClN2S/c1-9(10-6-4-5-7-11(10)14)15-12-16-13(2,3)8-17-12/h4-7,9H,8H2,1-3H3,(H,15,16). The van der Waals surface area contributed by atoms with Crippen LogP contribution in [-0.2, 0) is 0 Å². The van der Waals surface area contributed by atoms with Crippen LogP contribution in [0.1, 0.15) is 32.4 Å². The summed E-state index contributed by atoms with van der Waals surface area (Å²) in [6.07, 6.45) is 0. The Morgan fingerprint density at radius 3 is 2.71 bits per heavy atom. The number of amidine groups is 1. The van der Waals surface area contributed by atoms with Crippen LogP contribution >= 0.6 is 23.4 Å². The molecule has 1 aliphatic heterocycles. The topological polar surface area (TPSA) is 24.4 Å². The predicted octanol–water partition coefficient (Wildman–Crippen LogP) is 3.87. The maximum atomic E-state index is 6.16. The molecule has 0 bridgehead atoms. The van der Waals surface area contributed by atoms with Crippen LogP contribution in [0.25, 0.3) is 0 Å². The average molecular weight is 269 g/mol. The van der Waals surface area contributed by atoms with Crippen molar-refractivity contribution in [2.75, 3.05) is 5.75 Å². The molecule has 1 aromatic rings. The predicted molar refractivity (Wildman–Crippen MR) is 77.0 cm³/mol. The van der Waals surface area contributed by atoms with E-state index < -0.39 is 0 Å². The molecule has 0 saturated carbocycles. The van der Waals surface area contributed by atoms with Gasteiger partial charge in [0.25, 0.3) is 0 Å². The van der Waals surface area contributed by atoms with Gasteiger partial charge in [0.2, 0.25) is 0 Å². The van der Waals surface area contributed by atoms with E-state index in [1.54, 1.807) is 11.8 Å². The van der Waals surface area contributed by atoms with Gasteiger partial charge in [0.1, 0.15) is 0 Å². The molecule has 92 valence electrons. The van der Waals surface area contributed by atoms with Crippen LogP contribution in [0, 0.1) is 0 Å². The minimum Gasteiger partial charge on any atom is -0.359 e. The molecule has 17 heavy (non-hydrogen) atoms. The van der Waals surface area contributed by atoms with E-state index in [1.165, 1.54) is 0 Å². The van der Waals surface area contributed by atoms with Gasteiger partial charge in [-0.2, -0.15) is 0 Å². The molecule has 1 atom stereocenters. The summed E-state index contributed by atoms with van der Waals surface area (Å²) in [6, 6.07) is 7.97. The molecule has 2 rings (SSSR count). The number of hydrogen-bond acceptors (Lipinski definition) is 2. The van der Waals surface area contributed by atoms with Crippen molar-refractivity contribution in [3.8, 4) is 0 Å². The Balaban J connectivity index is 2.15. The zero-order chi connectivity index (χ0) is 12.5. The summed E-state index contributed by atoms with van der Waals surface area (Å²) in [5, 5.41) is 5.22. The van der Waals surface area contributed by atoms with E-state index in [1.807, 2.05) is 24.3 Å². The summed E-state index contributed by atoms with van der Waals surface area (Å²) in [5.74, 6) is 1.06. The number of aliphatic imine (C=N–C) groups is 1. The molecule has 1 heterocycles. The lowest BCUT2D eigenvalue weighted by molar-refractivity contribution is 0.535. The molecule has 0 amide bonds. The molecule has 0 aliphatic carbocycles. The number of rotatable bonds is 2. The largest absolute Gasteiger partial charge is 0.359 e. The van der Waals surface area contributed by atoms with Crippen LogP contribution in [0.4, 0.5) is 0 Å². The second-order valence-corrected chi connectivity index (χ2v) is 6.30. The smallest absolute Gasteiger partial charge is 0.157 e. The van der Waals surface area contributed by atoms with Crippen LogP contribution in [-0.4, -0.2) is 16.5 Å². The maximum Gasteiger partial charge on any atom is 0.157 e. The van der Waals surface area contributed by atoms with E-state index >= 15 is 0 Å². The first kappa shape index (κ1) is 12.8. The third-order valence-electron chi connectivity index (χ3n) is 2.68. The third kappa shape index (κ3) is 3.17. The fourth-order valence-electron chi connectivity index (χ4n) is 1.74. The average Bonchev–Trinajstić information content (AvgIpc) is 2.58. The highest BCUT2D eigenvalue weighted by atomic mass is 35.5. The molecule has 1 aliphatic rings. The van der Waals surface area contributed by atoms with Crippen molar-refractivity contribution in [2.45, 2.75) is 32.4 Å². The van der Waals surface area contributed by atoms with E-state index in [9.17, 15) is 0 Å². The van der Waals surface area contributed by atoms with Crippen molar-refractivity contribution in [1.82, 2.24) is 5.32 Å². The summed E-state index contributed by atoms with van der Waals surface area (Å²) >= 11 is 7.94. The van der Waals surface area contributed by atoms with Gasteiger partial charge in [-0.15, -0.1) is 0 Å². The lowest BCUT2D eigenvalue weighted by atomic mass is 10.1. The van der Waals surface area contributed by atoms with E-state index in [4.69, 9.17) is 11.6 Å². The lowest BCUT2D eigenvalue weighted by Crippen LogP contribution is -2.37. The Hall–Kier alpha value is -0.670. The monoisotopic (exact) mass is 268 g/mol. The summed E-state index contributed by atoms with van der Waals surface area (Å²) < 4.78 is 0. The van der Waals surface area contributed by atoms with E-state index in [0.29, 0.717) is 0 Å². The summed E-state index contributed by atoms with van der Waals surface area (Å²) in [7, 11) is 0. The van der Waals surface area contributed by atoms with Crippen molar-refractivity contribution in [2.24, 2.45) is 4.99 Å². The maximum absolute atomic E-state index is 6.16. The molecule has 1 unspecified atom stereocenters. The van der Waals surface area contributed by atoms with E-state index in [-0.39, 0.29) is 11.6 Å². The van der Waals surface area contributed by atoms with Gasteiger partial charge in [0.15, 0.2) is 5.17 Å². The Morgan fingerprint density at radius 1 is 1.41 bits per heavy atom. The molecular formula is C13H17ClN2S. The van der Waals surface area contributed by atoms with Crippen molar-refractivity contribution in [3.63, 3.8) is 0 Å². The molecule has 1 aromatic carbocycles. The fraction of sp³-hybridized carbons (Fsp3) is 0.462. The van der Waals surface area contributed by atoms with Gasteiger partial charge in [0.05, 0.1) is 6.04 Å². The first-order chi connectivity index (χ1) is 7.98. The van der Waals surface area contributed by atoms with Crippen molar-refractivity contribution in [3.05, 3.63) is 34.9 Å². The van der Waals surface area contributed by atoms with Crippen LogP contribution in [0.2, 0.25) is 5.02 Å². The molecular weight excluding hydrogens is 252 g/mol. The Bertz CT molecular complexity index is 443. The van der Waals surface area contributed by atoms with Crippen molar-refractivity contribution in [1.29, 1.82) is 0 Å². The van der Waals surface area contributed by atoms with Crippen LogP contribution < -0.4 is 5.32 Å². The minimum atomic E-state index is 0.0904. The Morgan fingerprint density at radius 2 is 2.12 bits per heavy atom. The molecule has 0 spiro atoms. The zero-order valence-electron chi connectivity index (χ0n) is 10.3. The molecule has 1 N–H and O–H groups in total. The number of nitrogens with zero attached hydrogens (tertiary/aromatic N) is 1. The van der Waals surface area contributed by atoms with Gasteiger partial charge in [-0.05, 0) is 32.4 Å². The quantitative estimate of drug-likeness (QED) is 0.881. The van der Waals surface area contributed by atoms with Crippen LogP contribution in [0.3, 0.4) is 0 Å². The van der Waals surface area contributed by atoms with Crippen molar-refractivity contribution < 1.29 is 0 Å². The molecule has 0 radical (unpaired) electrons. The van der Waals surface area contributed by atoms with E-state index in [0.717, 1.165) is 21.5 Å². The summed E-state index contributed by atoms with van der Waals surface area (Å²) in [4.78, 5) is 4.69. The SMILES string of the molecule is CC(N=C1NC(C)(C)CS1)c1ccccc1Cl. The fourth-order valence-corrected chi connectivity index (χ4v) is 3.18. The first-order valence-corrected chi connectivity index (χ1v) is 7.07. The Kier molecular flexibility index (Phi) is 3.69. The summed E-state index contributed by atoms with van der Waals surface area (Å²) in [6.45, 7) is 6.44. The summed E-state index contributed by atoms with van der Waals surface area (Å²) in [5.41, 5.74) is 1.22. The first-order valence-electron chi connectivity index (χ1n) is 5.71. The minimum absolute atomic E-state index is 0.0904. The molecule has 1 saturated heterocycles. The number of benzene rings is 1. The highest BCUT2D eigenvalue weighted by Gasteiger charge is 2.27. The zero-order valence-corrected chi connectivity index (χ0v) is 11.9.